The Hall–Kier alpha value is -4.11. The van der Waals surface area contributed by atoms with Gasteiger partial charge in [-0.2, -0.15) is 0 Å². The van der Waals surface area contributed by atoms with Gasteiger partial charge >= 0.3 is 0 Å². The number of rotatable bonds is 7. The maximum absolute atomic E-state index is 13.1. The van der Waals surface area contributed by atoms with Crippen molar-refractivity contribution in [2.45, 2.75) is 6.92 Å². The summed E-state index contributed by atoms with van der Waals surface area (Å²) < 4.78 is 24.3. The number of halogens is 1. The summed E-state index contributed by atoms with van der Waals surface area (Å²) in [7, 11) is 1.50. The van der Waals surface area contributed by atoms with E-state index in [1.54, 1.807) is 24.3 Å². The number of aryl methyl sites for hydroxylation is 1. The van der Waals surface area contributed by atoms with Crippen molar-refractivity contribution in [2.75, 3.05) is 19.0 Å². The van der Waals surface area contributed by atoms with Gasteiger partial charge in [0.1, 0.15) is 5.82 Å². The minimum absolute atomic E-state index is 0.249. The van der Waals surface area contributed by atoms with Crippen molar-refractivity contribution in [3.05, 3.63) is 88.6 Å². The molecule has 9 heteroatoms. The normalized spacial score (nSPS) is 15.2. The van der Waals surface area contributed by atoms with Crippen LogP contribution in [0.2, 0.25) is 0 Å². The summed E-state index contributed by atoms with van der Waals surface area (Å²) in [5.41, 5.74) is 2.83. The summed E-state index contributed by atoms with van der Waals surface area (Å²) in [6.07, 6.45) is 1.64. The van der Waals surface area contributed by atoms with E-state index in [1.165, 1.54) is 31.4 Å². The molecule has 178 valence electrons. The molecule has 2 amide bonds. The van der Waals surface area contributed by atoms with Gasteiger partial charge in [-0.05, 0) is 67.2 Å². The van der Waals surface area contributed by atoms with Gasteiger partial charge in [0.15, 0.2) is 23.3 Å². The van der Waals surface area contributed by atoms with Crippen molar-refractivity contribution in [3.8, 4) is 11.5 Å². The van der Waals surface area contributed by atoms with E-state index in [2.05, 4.69) is 15.6 Å². The summed E-state index contributed by atoms with van der Waals surface area (Å²) in [5.74, 6) is -0.275. The number of ether oxygens (including phenoxy) is 2. The van der Waals surface area contributed by atoms with Crippen LogP contribution in [0.4, 0.5) is 15.8 Å². The van der Waals surface area contributed by atoms with Crippen LogP contribution in [0.15, 0.2) is 76.6 Å². The molecule has 0 spiro atoms. The van der Waals surface area contributed by atoms with Crippen molar-refractivity contribution in [1.82, 2.24) is 5.32 Å². The van der Waals surface area contributed by atoms with E-state index in [0.29, 0.717) is 38.5 Å². The molecule has 0 aromatic heterocycles. The van der Waals surface area contributed by atoms with E-state index in [1.807, 2.05) is 31.2 Å². The first-order valence-corrected chi connectivity index (χ1v) is 11.4. The van der Waals surface area contributed by atoms with Gasteiger partial charge < -0.3 is 20.1 Å². The molecule has 3 aromatic rings. The van der Waals surface area contributed by atoms with Gasteiger partial charge in [-0.25, -0.2) is 9.38 Å². The van der Waals surface area contributed by atoms with Crippen molar-refractivity contribution < 1.29 is 23.5 Å². The Labute approximate surface area is 206 Å². The Morgan fingerprint density at radius 1 is 1.11 bits per heavy atom. The van der Waals surface area contributed by atoms with Gasteiger partial charge in [-0.3, -0.25) is 9.59 Å². The zero-order valence-electron chi connectivity index (χ0n) is 19.0. The second-order valence-corrected chi connectivity index (χ2v) is 8.57. The number of benzene rings is 3. The van der Waals surface area contributed by atoms with Crippen molar-refractivity contribution >= 4 is 46.2 Å². The van der Waals surface area contributed by atoms with Crippen LogP contribution in [-0.4, -0.2) is 30.7 Å². The number of thioether (sulfide) groups is 1. The monoisotopic (exact) mass is 491 g/mol. The zero-order valence-corrected chi connectivity index (χ0v) is 19.8. The summed E-state index contributed by atoms with van der Waals surface area (Å²) >= 11 is 1.14. The Morgan fingerprint density at radius 3 is 2.57 bits per heavy atom. The number of hydrogen-bond donors (Lipinski definition) is 2. The zero-order chi connectivity index (χ0) is 24.8. The van der Waals surface area contributed by atoms with E-state index in [4.69, 9.17) is 9.47 Å². The fourth-order valence-electron chi connectivity index (χ4n) is 3.19. The number of nitrogens with zero attached hydrogens (tertiary/aromatic N) is 1. The molecule has 35 heavy (non-hydrogen) atoms. The highest BCUT2D eigenvalue weighted by Crippen LogP contribution is 2.35. The van der Waals surface area contributed by atoms with Crippen LogP contribution < -0.4 is 20.1 Å². The summed E-state index contributed by atoms with van der Waals surface area (Å²) in [5, 5.41) is 5.84. The Balaban J connectivity index is 1.50. The number of amides is 2. The number of anilines is 1. The third-order valence-corrected chi connectivity index (χ3v) is 5.82. The molecule has 0 atom stereocenters. The molecule has 1 saturated heterocycles. The van der Waals surface area contributed by atoms with Gasteiger partial charge in [0.05, 0.1) is 17.7 Å². The average Bonchev–Trinajstić information content (AvgIpc) is 3.19. The highest BCUT2D eigenvalue weighted by Gasteiger charge is 2.25. The molecular formula is C26H22FN3O4S. The minimum Gasteiger partial charge on any atom is -0.493 e. The number of carbonyl (C=O) groups is 2. The number of carbonyl (C=O) groups excluding carboxylic acids is 2. The summed E-state index contributed by atoms with van der Waals surface area (Å²) in [6, 6.07) is 18.3. The molecule has 1 aliphatic heterocycles. The quantitative estimate of drug-likeness (QED) is 0.452. The molecule has 0 saturated carbocycles. The first-order valence-electron chi connectivity index (χ1n) is 10.6. The second-order valence-electron chi connectivity index (χ2n) is 7.54. The van der Waals surface area contributed by atoms with E-state index in [-0.39, 0.29) is 24.2 Å². The van der Waals surface area contributed by atoms with Crippen LogP contribution >= 0.6 is 11.8 Å². The molecular weight excluding hydrogens is 469 g/mol. The molecule has 0 bridgehead atoms. The summed E-state index contributed by atoms with van der Waals surface area (Å²) in [4.78, 5) is 29.6. The lowest BCUT2D eigenvalue weighted by Crippen LogP contribution is -2.20. The number of amidine groups is 1. The molecule has 2 N–H and O–H groups in total. The number of methoxy groups -OCH3 is 1. The molecule has 1 heterocycles. The predicted molar refractivity (Wildman–Crippen MR) is 136 cm³/mol. The van der Waals surface area contributed by atoms with Gasteiger partial charge in [-0.1, -0.05) is 29.8 Å². The van der Waals surface area contributed by atoms with Crippen LogP contribution in [0.3, 0.4) is 0 Å². The third-order valence-electron chi connectivity index (χ3n) is 4.91. The average molecular weight is 492 g/mol. The first kappa shape index (κ1) is 24.0. The maximum Gasteiger partial charge on any atom is 0.264 e. The Kier molecular flexibility index (Phi) is 7.47. The Bertz CT molecular complexity index is 1310. The molecule has 3 aromatic carbocycles. The fourth-order valence-corrected chi connectivity index (χ4v) is 4.02. The molecule has 0 unspecified atom stereocenters. The van der Waals surface area contributed by atoms with E-state index in [0.717, 1.165) is 17.3 Å². The summed E-state index contributed by atoms with van der Waals surface area (Å²) in [6.45, 7) is 1.72. The van der Waals surface area contributed by atoms with Crippen LogP contribution in [0.1, 0.15) is 11.1 Å². The van der Waals surface area contributed by atoms with Gasteiger partial charge in [-0.15, -0.1) is 0 Å². The topological polar surface area (TPSA) is 89.0 Å². The van der Waals surface area contributed by atoms with Crippen molar-refractivity contribution in [1.29, 1.82) is 0 Å². The highest BCUT2D eigenvalue weighted by atomic mass is 32.2. The van der Waals surface area contributed by atoms with Crippen LogP contribution in [-0.2, 0) is 9.59 Å². The fraction of sp³-hybridized carbons (Fsp3) is 0.115. The molecule has 0 aliphatic carbocycles. The molecule has 1 fully saturated rings. The van der Waals surface area contributed by atoms with Gasteiger partial charge in [0, 0.05) is 11.3 Å². The van der Waals surface area contributed by atoms with Crippen LogP contribution in [0.25, 0.3) is 6.08 Å². The van der Waals surface area contributed by atoms with Crippen LogP contribution in [0.5, 0.6) is 11.5 Å². The SMILES string of the molecule is COc1cccc(/C=C2/SC(=Nc3ccc(F)cc3)NC2=O)c1OCC(=O)Nc1ccc(C)cc1. The lowest BCUT2D eigenvalue weighted by Gasteiger charge is -2.13. The molecule has 4 rings (SSSR count). The second kappa shape index (κ2) is 10.9. The highest BCUT2D eigenvalue weighted by molar-refractivity contribution is 8.18. The molecule has 1 aliphatic rings. The van der Waals surface area contributed by atoms with Crippen LogP contribution in [0, 0.1) is 12.7 Å². The van der Waals surface area contributed by atoms with Crippen molar-refractivity contribution in [2.24, 2.45) is 4.99 Å². The third kappa shape index (κ3) is 6.27. The smallest absolute Gasteiger partial charge is 0.264 e. The van der Waals surface area contributed by atoms with E-state index >= 15 is 0 Å². The molecule has 0 radical (unpaired) electrons. The van der Waals surface area contributed by atoms with E-state index < -0.39 is 0 Å². The Morgan fingerprint density at radius 2 is 1.86 bits per heavy atom. The van der Waals surface area contributed by atoms with E-state index in [9.17, 15) is 14.0 Å². The largest absolute Gasteiger partial charge is 0.493 e. The molecule has 7 nitrogen and oxygen atoms in total. The van der Waals surface area contributed by atoms with Crippen molar-refractivity contribution in [3.63, 3.8) is 0 Å². The number of aliphatic imine (C=N–C) groups is 1. The standard InChI is InChI=1S/C26H22FN3O4S/c1-16-6-10-19(11-7-16)28-23(31)15-34-24-17(4-3-5-21(24)33-2)14-22-25(32)30-26(35-22)29-20-12-8-18(27)9-13-20/h3-14H,15H2,1-2H3,(H,28,31)(H,29,30,32)/b22-14+. The first-order chi connectivity index (χ1) is 16.9. The lowest BCUT2D eigenvalue weighted by atomic mass is 10.1. The number of hydrogen-bond acceptors (Lipinski definition) is 6. The minimum atomic E-state index is -0.365. The lowest BCUT2D eigenvalue weighted by molar-refractivity contribution is -0.118. The predicted octanol–water partition coefficient (Wildman–Crippen LogP) is 5.05. The number of para-hydroxylation sites is 1. The van der Waals surface area contributed by atoms with Gasteiger partial charge in [0.2, 0.25) is 0 Å². The number of nitrogens with one attached hydrogen (secondary N) is 2. The van der Waals surface area contributed by atoms with Gasteiger partial charge in [0.25, 0.3) is 11.8 Å². The maximum atomic E-state index is 13.1.